The number of carbonyl (C=O) groups is 1. The van der Waals surface area contributed by atoms with Crippen molar-refractivity contribution < 1.29 is 9.90 Å². The van der Waals surface area contributed by atoms with Gasteiger partial charge in [0, 0.05) is 48.1 Å². The van der Waals surface area contributed by atoms with Crippen LogP contribution in [-0.4, -0.2) is 44.6 Å². The summed E-state index contributed by atoms with van der Waals surface area (Å²) in [6, 6.07) is 25.1. The summed E-state index contributed by atoms with van der Waals surface area (Å²) in [6.07, 6.45) is 4.19. The van der Waals surface area contributed by atoms with E-state index >= 15 is 0 Å². The fourth-order valence-electron chi connectivity index (χ4n) is 4.65. The number of amides is 1. The summed E-state index contributed by atoms with van der Waals surface area (Å²) >= 11 is 2.33. The molecular weight excluding hydrogens is 551 g/mol. The molecule has 6 nitrogen and oxygen atoms in total. The van der Waals surface area contributed by atoms with Crippen LogP contribution in [0.2, 0.25) is 0 Å². The third-order valence-electron chi connectivity index (χ3n) is 6.48. The van der Waals surface area contributed by atoms with Gasteiger partial charge in [-0.15, -0.1) is 0 Å². The van der Waals surface area contributed by atoms with Crippen LogP contribution in [-0.2, 0) is 24.3 Å². The van der Waals surface area contributed by atoms with Gasteiger partial charge >= 0.3 is 0 Å². The number of benzene rings is 3. The Kier molecular flexibility index (Phi) is 7.15. The number of aromatic nitrogens is 2. The van der Waals surface area contributed by atoms with Crippen LogP contribution in [0.4, 0.5) is 5.69 Å². The van der Waals surface area contributed by atoms with E-state index in [1.165, 1.54) is 9.13 Å². The van der Waals surface area contributed by atoms with Crippen LogP contribution in [0.25, 0.3) is 0 Å². The molecule has 35 heavy (non-hydrogen) atoms. The fourth-order valence-corrected chi connectivity index (χ4v) is 5.26. The molecule has 4 aromatic rings. The second-order valence-electron chi connectivity index (χ2n) is 8.79. The maximum absolute atomic E-state index is 13.8. The Labute approximate surface area is 219 Å². The fraction of sp³-hybridized carbons (Fsp3) is 0.214. The molecule has 0 spiro atoms. The third kappa shape index (κ3) is 5.41. The zero-order valence-corrected chi connectivity index (χ0v) is 21.5. The first-order chi connectivity index (χ1) is 17.1. The highest BCUT2D eigenvalue weighted by Crippen LogP contribution is 2.26. The largest absolute Gasteiger partial charge is 0.508 e. The molecule has 1 aliphatic heterocycles. The number of piperazine rings is 1. The van der Waals surface area contributed by atoms with E-state index in [2.05, 4.69) is 61.3 Å². The molecule has 5 rings (SSSR count). The maximum Gasteiger partial charge on any atom is 0.244 e. The van der Waals surface area contributed by atoms with Crippen molar-refractivity contribution in [1.29, 1.82) is 0 Å². The summed E-state index contributed by atoms with van der Waals surface area (Å²) in [5, 5.41) is 10.4. The summed E-state index contributed by atoms with van der Waals surface area (Å²) in [6.45, 7) is 2.68. The molecule has 1 saturated heterocycles. The minimum absolute atomic E-state index is 0.0504. The number of phenols is 1. The molecule has 1 unspecified atom stereocenters. The Morgan fingerprint density at radius 1 is 0.943 bits per heavy atom. The first-order valence-electron chi connectivity index (χ1n) is 11.7. The van der Waals surface area contributed by atoms with Crippen molar-refractivity contribution in [1.82, 2.24) is 14.5 Å². The minimum Gasteiger partial charge on any atom is -0.508 e. The zero-order valence-electron chi connectivity index (χ0n) is 19.3. The van der Waals surface area contributed by atoms with Gasteiger partial charge < -0.3 is 14.6 Å². The lowest BCUT2D eigenvalue weighted by Gasteiger charge is -2.41. The number of imidazole rings is 1. The number of anilines is 1. The summed E-state index contributed by atoms with van der Waals surface area (Å²) < 4.78 is 3.35. The molecule has 0 saturated carbocycles. The Morgan fingerprint density at radius 3 is 2.54 bits per heavy atom. The van der Waals surface area contributed by atoms with E-state index in [9.17, 15) is 9.90 Å². The van der Waals surface area contributed by atoms with Crippen molar-refractivity contribution in [2.24, 2.45) is 0 Å². The number of aromatic hydroxyl groups is 1. The maximum atomic E-state index is 13.8. The molecule has 1 aromatic heterocycles. The molecular formula is C28H27IN4O2. The zero-order chi connectivity index (χ0) is 24.2. The van der Waals surface area contributed by atoms with Gasteiger partial charge in [0.15, 0.2) is 0 Å². The molecule has 2 heterocycles. The molecule has 0 aliphatic carbocycles. The molecule has 178 valence electrons. The highest BCUT2D eigenvalue weighted by atomic mass is 127. The first kappa shape index (κ1) is 23.6. The number of nitrogens with zero attached hydrogens (tertiary/aromatic N) is 4. The number of phenolic OH excluding ortho intramolecular Hbond substituents is 1. The number of carbonyl (C=O) groups excluding carboxylic acids is 1. The second-order valence-corrected chi connectivity index (χ2v) is 10.0. The van der Waals surface area contributed by atoms with E-state index in [4.69, 9.17) is 0 Å². The van der Waals surface area contributed by atoms with Gasteiger partial charge in [-0.25, -0.2) is 4.98 Å². The average molecular weight is 578 g/mol. The molecule has 7 heteroatoms. The van der Waals surface area contributed by atoms with Crippen molar-refractivity contribution in [3.63, 3.8) is 0 Å². The molecule has 0 bridgehead atoms. The number of para-hydroxylation sites is 2. The van der Waals surface area contributed by atoms with Crippen molar-refractivity contribution in [3.8, 4) is 5.75 Å². The van der Waals surface area contributed by atoms with Crippen molar-refractivity contribution in [3.05, 3.63) is 112 Å². The van der Waals surface area contributed by atoms with E-state index in [0.29, 0.717) is 19.5 Å². The van der Waals surface area contributed by atoms with Gasteiger partial charge in [-0.3, -0.25) is 9.69 Å². The van der Waals surface area contributed by atoms with Gasteiger partial charge in [0.1, 0.15) is 5.75 Å². The van der Waals surface area contributed by atoms with Crippen LogP contribution >= 0.6 is 22.6 Å². The normalized spacial score (nSPS) is 16.5. The van der Waals surface area contributed by atoms with Gasteiger partial charge in [0.25, 0.3) is 0 Å². The van der Waals surface area contributed by atoms with Crippen LogP contribution in [0.1, 0.15) is 16.8 Å². The summed E-state index contributed by atoms with van der Waals surface area (Å²) in [5.74, 6) is 0.273. The lowest BCUT2D eigenvalue weighted by molar-refractivity contribution is -0.126. The van der Waals surface area contributed by atoms with Crippen LogP contribution in [0.5, 0.6) is 5.75 Å². The van der Waals surface area contributed by atoms with Crippen LogP contribution in [0.3, 0.4) is 0 Å². The number of hydrogen-bond acceptors (Lipinski definition) is 4. The minimum atomic E-state index is -0.390. The standard InChI is InChI=1S/C28H27IN4O2/c29-23-9-6-7-21(15-23)18-32-20-30-17-25(32)19-31-13-14-33(24-10-2-1-3-11-24)28(35)26(31)16-22-8-4-5-12-27(22)34/h1-12,15,17,20,26,34H,13-14,16,18-19H2. The molecule has 1 amide bonds. The SMILES string of the molecule is O=C1C(Cc2ccccc2O)N(Cc2cncn2Cc2cccc(I)c2)CCN1c1ccccc1. The van der Waals surface area contributed by atoms with Crippen molar-refractivity contribution in [2.45, 2.75) is 25.6 Å². The summed E-state index contributed by atoms with van der Waals surface area (Å²) in [5.41, 5.74) is 3.96. The van der Waals surface area contributed by atoms with E-state index in [-0.39, 0.29) is 11.7 Å². The molecule has 1 aliphatic rings. The van der Waals surface area contributed by atoms with E-state index in [1.807, 2.05) is 59.9 Å². The summed E-state index contributed by atoms with van der Waals surface area (Å²) in [7, 11) is 0. The Hall–Kier alpha value is -3.17. The third-order valence-corrected chi connectivity index (χ3v) is 7.15. The quantitative estimate of drug-likeness (QED) is 0.323. The van der Waals surface area contributed by atoms with Gasteiger partial charge in [0.2, 0.25) is 5.91 Å². The lowest BCUT2D eigenvalue weighted by Crippen LogP contribution is -2.57. The van der Waals surface area contributed by atoms with Crippen LogP contribution in [0, 0.1) is 3.57 Å². The second kappa shape index (κ2) is 10.6. The van der Waals surface area contributed by atoms with E-state index in [0.717, 1.165) is 30.0 Å². The smallest absolute Gasteiger partial charge is 0.244 e. The van der Waals surface area contributed by atoms with Gasteiger partial charge in [-0.1, -0.05) is 48.5 Å². The molecule has 1 N–H and O–H groups in total. The summed E-state index contributed by atoms with van der Waals surface area (Å²) in [4.78, 5) is 22.3. The number of hydrogen-bond donors (Lipinski definition) is 1. The monoisotopic (exact) mass is 578 g/mol. The predicted octanol–water partition coefficient (Wildman–Crippen LogP) is 4.70. The highest BCUT2D eigenvalue weighted by molar-refractivity contribution is 14.1. The van der Waals surface area contributed by atoms with E-state index < -0.39 is 6.04 Å². The van der Waals surface area contributed by atoms with Crippen LogP contribution in [0.15, 0.2) is 91.4 Å². The molecule has 3 aromatic carbocycles. The molecule has 1 atom stereocenters. The van der Waals surface area contributed by atoms with Crippen molar-refractivity contribution in [2.75, 3.05) is 18.0 Å². The molecule has 0 radical (unpaired) electrons. The predicted molar refractivity (Wildman–Crippen MR) is 145 cm³/mol. The Morgan fingerprint density at radius 2 is 1.74 bits per heavy atom. The van der Waals surface area contributed by atoms with Gasteiger partial charge in [0.05, 0.1) is 18.1 Å². The number of rotatable bonds is 7. The Balaban J connectivity index is 1.41. The topological polar surface area (TPSA) is 61.6 Å². The van der Waals surface area contributed by atoms with Gasteiger partial charge in [-0.2, -0.15) is 0 Å². The highest BCUT2D eigenvalue weighted by Gasteiger charge is 2.36. The molecule has 1 fully saturated rings. The first-order valence-corrected chi connectivity index (χ1v) is 12.8. The average Bonchev–Trinajstić information content (AvgIpc) is 3.29. The lowest BCUT2D eigenvalue weighted by atomic mass is 9.99. The van der Waals surface area contributed by atoms with E-state index in [1.54, 1.807) is 12.1 Å². The van der Waals surface area contributed by atoms with Crippen LogP contribution < -0.4 is 4.90 Å². The Bertz CT molecular complexity index is 1310. The van der Waals surface area contributed by atoms with Crippen molar-refractivity contribution >= 4 is 34.2 Å². The number of halogens is 1. The van der Waals surface area contributed by atoms with Gasteiger partial charge in [-0.05, 0) is 64.0 Å².